The number of halogens is 1. The minimum absolute atomic E-state index is 0. The third-order valence-corrected chi connectivity index (χ3v) is 3.14. The number of piperidine rings is 1. The van der Waals surface area contributed by atoms with Crippen LogP contribution in [0.25, 0.3) is 0 Å². The van der Waals surface area contributed by atoms with Gasteiger partial charge in [0.1, 0.15) is 0 Å². The van der Waals surface area contributed by atoms with E-state index < -0.39 is 0 Å². The highest BCUT2D eigenvalue weighted by molar-refractivity contribution is 5.85. The molecule has 2 nitrogen and oxygen atoms in total. The first-order chi connectivity index (χ1) is 4.29. The van der Waals surface area contributed by atoms with Crippen LogP contribution in [0.1, 0.15) is 6.92 Å². The second-order valence-electron chi connectivity index (χ2n) is 3.54. The number of hydrogen-bond donors (Lipinski definition) is 2. The molecule has 2 aliphatic rings. The summed E-state index contributed by atoms with van der Waals surface area (Å²) in [7, 11) is 0. The van der Waals surface area contributed by atoms with Crippen LogP contribution >= 0.6 is 12.4 Å². The summed E-state index contributed by atoms with van der Waals surface area (Å²) in [5, 5.41) is 12.2. The van der Waals surface area contributed by atoms with Crippen LogP contribution in [0.5, 0.6) is 0 Å². The molecule has 1 heterocycles. The first-order valence-electron chi connectivity index (χ1n) is 3.60. The molecule has 2 N–H and O–H groups in total. The van der Waals surface area contributed by atoms with Crippen LogP contribution in [0.4, 0.5) is 0 Å². The molecule has 2 rings (SSSR count). The van der Waals surface area contributed by atoms with E-state index in [4.69, 9.17) is 5.11 Å². The number of fused-ring (bicyclic) bond motifs is 1. The standard InChI is InChI=1S/C7H13NO.ClH/c1-7(4-9)5-2-8-3-6(5)7;/h5-6,8-9H,2-4H2,1H3;1H/t5-,6+,7?;. The third kappa shape index (κ3) is 0.792. The molecule has 2 fully saturated rings. The van der Waals surface area contributed by atoms with Gasteiger partial charge in [-0.2, -0.15) is 0 Å². The number of hydrogen-bond acceptors (Lipinski definition) is 2. The van der Waals surface area contributed by atoms with Gasteiger partial charge in [-0.05, 0) is 30.3 Å². The Balaban J connectivity index is 0.000000500. The van der Waals surface area contributed by atoms with E-state index in [1.54, 1.807) is 0 Å². The van der Waals surface area contributed by atoms with Crippen LogP contribution in [-0.4, -0.2) is 24.8 Å². The van der Waals surface area contributed by atoms with E-state index in [1.165, 1.54) is 0 Å². The average Bonchev–Trinajstić information content (AvgIpc) is 2.39. The molecule has 1 unspecified atom stereocenters. The lowest BCUT2D eigenvalue weighted by Crippen LogP contribution is -2.22. The minimum atomic E-state index is 0. The fraction of sp³-hybridized carbons (Fsp3) is 1.00. The lowest BCUT2D eigenvalue weighted by molar-refractivity contribution is 0.196. The lowest BCUT2D eigenvalue weighted by Gasteiger charge is -2.10. The van der Waals surface area contributed by atoms with E-state index in [0.717, 1.165) is 24.9 Å². The molecule has 1 saturated heterocycles. The Morgan fingerprint density at radius 1 is 1.50 bits per heavy atom. The maximum absolute atomic E-state index is 8.94. The van der Waals surface area contributed by atoms with E-state index in [1.807, 2.05) is 0 Å². The van der Waals surface area contributed by atoms with Crippen LogP contribution in [0, 0.1) is 17.3 Å². The van der Waals surface area contributed by atoms with E-state index in [2.05, 4.69) is 12.2 Å². The smallest absolute Gasteiger partial charge is 0.0491 e. The Bertz CT molecular complexity index is 130. The molecule has 1 aliphatic carbocycles. The first-order valence-corrected chi connectivity index (χ1v) is 3.60. The molecule has 0 radical (unpaired) electrons. The quantitative estimate of drug-likeness (QED) is 0.581. The van der Waals surface area contributed by atoms with E-state index in [0.29, 0.717) is 12.0 Å². The predicted molar refractivity (Wildman–Crippen MR) is 42.3 cm³/mol. The molecule has 10 heavy (non-hydrogen) atoms. The normalized spacial score (nSPS) is 49.8. The third-order valence-electron chi connectivity index (χ3n) is 3.14. The molecular formula is C7H14ClNO. The van der Waals surface area contributed by atoms with Gasteiger partial charge in [-0.15, -0.1) is 12.4 Å². The van der Waals surface area contributed by atoms with Gasteiger partial charge in [0.2, 0.25) is 0 Å². The van der Waals surface area contributed by atoms with Gasteiger partial charge in [-0.1, -0.05) is 6.92 Å². The van der Waals surface area contributed by atoms with Crippen molar-refractivity contribution in [2.75, 3.05) is 19.7 Å². The summed E-state index contributed by atoms with van der Waals surface area (Å²) in [6.45, 7) is 4.82. The van der Waals surface area contributed by atoms with Crippen LogP contribution < -0.4 is 5.32 Å². The van der Waals surface area contributed by atoms with Gasteiger partial charge in [-0.3, -0.25) is 0 Å². The molecule has 1 saturated carbocycles. The van der Waals surface area contributed by atoms with E-state index in [-0.39, 0.29) is 12.4 Å². The molecule has 3 heteroatoms. The molecular weight excluding hydrogens is 150 g/mol. The minimum Gasteiger partial charge on any atom is -0.396 e. The Kier molecular flexibility index (Phi) is 1.96. The Morgan fingerprint density at radius 3 is 2.30 bits per heavy atom. The zero-order valence-electron chi connectivity index (χ0n) is 6.13. The van der Waals surface area contributed by atoms with Crippen molar-refractivity contribution in [2.24, 2.45) is 17.3 Å². The number of aliphatic hydroxyl groups excluding tert-OH is 1. The van der Waals surface area contributed by atoms with Crippen molar-refractivity contribution < 1.29 is 5.11 Å². The van der Waals surface area contributed by atoms with Crippen molar-refractivity contribution in [1.82, 2.24) is 5.32 Å². The zero-order chi connectivity index (χ0) is 6.48. The van der Waals surface area contributed by atoms with Gasteiger partial charge in [0.05, 0.1) is 0 Å². The molecule has 0 bridgehead atoms. The summed E-state index contributed by atoms with van der Waals surface area (Å²) in [5.74, 6) is 1.56. The Hall–Kier alpha value is 0.210. The molecule has 0 aromatic heterocycles. The maximum Gasteiger partial charge on any atom is 0.0491 e. The lowest BCUT2D eigenvalue weighted by atomic mass is 10.1. The van der Waals surface area contributed by atoms with Gasteiger partial charge < -0.3 is 10.4 Å². The fourth-order valence-corrected chi connectivity index (χ4v) is 2.14. The molecule has 60 valence electrons. The van der Waals surface area contributed by atoms with Crippen molar-refractivity contribution in [2.45, 2.75) is 6.92 Å². The van der Waals surface area contributed by atoms with E-state index in [9.17, 15) is 0 Å². The van der Waals surface area contributed by atoms with Gasteiger partial charge in [0, 0.05) is 6.61 Å². The van der Waals surface area contributed by atoms with Gasteiger partial charge >= 0.3 is 0 Å². The zero-order valence-corrected chi connectivity index (χ0v) is 6.95. The summed E-state index contributed by atoms with van der Waals surface area (Å²) in [4.78, 5) is 0. The summed E-state index contributed by atoms with van der Waals surface area (Å²) in [6.07, 6.45) is 0. The van der Waals surface area contributed by atoms with Crippen LogP contribution in [0.2, 0.25) is 0 Å². The van der Waals surface area contributed by atoms with Gasteiger partial charge in [-0.25, -0.2) is 0 Å². The number of aliphatic hydroxyl groups is 1. The van der Waals surface area contributed by atoms with Gasteiger partial charge in [0.25, 0.3) is 0 Å². The Labute approximate surface area is 67.4 Å². The topological polar surface area (TPSA) is 32.3 Å². The highest BCUT2D eigenvalue weighted by atomic mass is 35.5. The van der Waals surface area contributed by atoms with Crippen molar-refractivity contribution in [3.8, 4) is 0 Å². The first kappa shape index (κ1) is 8.31. The highest BCUT2D eigenvalue weighted by Gasteiger charge is 2.62. The number of nitrogens with one attached hydrogen (secondary N) is 1. The molecule has 0 amide bonds. The molecule has 0 spiro atoms. The van der Waals surface area contributed by atoms with Crippen LogP contribution in [0.3, 0.4) is 0 Å². The molecule has 0 aromatic carbocycles. The summed E-state index contributed by atoms with van der Waals surface area (Å²) in [6, 6.07) is 0. The number of rotatable bonds is 1. The molecule has 3 atom stereocenters. The highest BCUT2D eigenvalue weighted by Crippen LogP contribution is 2.59. The second-order valence-corrected chi connectivity index (χ2v) is 3.54. The average molecular weight is 164 g/mol. The second kappa shape index (κ2) is 2.36. The summed E-state index contributed by atoms with van der Waals surface area (Å²) < 4.78 is 0. The fourth-order valence-electron chi connectivity index (χ4n) is 2.14. The largest absolute Gasteiger partial charge is 0.396 e. The monoisotopic (exact) mass is 163 g/mol. The Morgan fingerprint density at radius 2 is 2.00 bits per heavy atom. The molecule has 1 aliphatic heterocycles. The van der Waals surface area contributed by atoms with E-state index >= 15 is 0 Å². The van der Waals surface area contributed by atoms with Crippen molar-refractivity contribution >= 4 is 12.4 Å². The van der Waals surface area contributed by atoms with Crippen LogP contribution in [0.15, 0.2) is 0 Å². The summed E-state index contributed by atoms with van der Waals surface area (Å²) >= 11 is 0. The predicted octanol–water partition coefficient (Wildman–Crippen LogP) is 0.256. The molecule has 0 aromatic rings. The van der Waals surface area contributed by atoms with Crippen LogP contribution in [-0.2, 0) is 0 Å². The van der Waals surface area contributed by atoms with Crippen molar-refractivity contribution in [3.63, 3.8) is 0 Å². The van der Waals surface area contributed by atoms with Crippen molar-refractivity contribution in [3.05, 3.63) is 0 Å². The SMILES string of the molecule is CC1(CO)[C@@H]2CNC[C@@H]21.Cl. The maximum atomic E-state index is 8.94. The summed E-state index contributed by atoms with van der Waals surface area (Å²) in [5.41, 5.74) is 0.297. The van der Waals surface area contributed by atoms with Crippen molar-refractivity contribution in [1.29, 1.82) is 0 Å². The van der Waals surface area contributed by atoms with Gasteiger partial charge in [0.15, 0.2) is 0 Å².